The van der Waals surface area contributed by atoms with Crippen LogP contribution in [0.3, 0.4) is 0 Å². The Hall–Kier alpha value is -2.35. The van der Waals surface area contributed by atoms with Crippen LogP contribution in [0.15, 0.2) is 23.4 Å². The van der Waals surface area contributed by atoms with Gasteiger partial charge in [0.1, 0.15) is 10.8 Å². The summed E-state index contributed by atoms with van der Waals surface area (Å²) in [4.78, 5) is 29.0. The van der Waals surface area contributed by atoms with E-state index >= 15 is 0 Å². The minimum absolute atomic E-state index is 0.0147. The summed E-state index contributed by atoms with van der Waals surface area (Å²) in [5, 5.41) is 7.62. The van der Waals surface area contributed by atoms with Gasteiger partial charge < -0.3 is 15.5 Å². The molecule has 0 aliphatic heterocycles. The number of anilines is 2. The van der Waals surface area contributed by atoms with Crippen molar-refractivity contribution in [3.8, 4) is 0 Å². The Balaban J connectivity index is 1.35. The van der Waals surface area contributed by atoms with Crippen molar-refractivity contribution in [3.63, 3.8) is 0 Å². The van der Waals surface area contributed by atoms with E-state index in [1.165, 1.54) is 24.1 Å². The number of aromatic nitrogens is 3. The van der Waals surface area contributed by atoms with Gasteiger partial charge in [0, 0.05) is 37.9 Å². The fourth-order valence-corrected chi connectivity index (χ4v) is 5.38. The lowest BCUT2D eigenvalue weighted by atomic mass is 9.91. The van der Waals surface area contributed by atoms with E-state index in [4.69, 9.17) is 9.97 Å². The van der Waals surface area contributed by atoms with E-state index < -0.39 is 0 Å². The molecule has 2 aromatic heterocycles. The van der Waals surface area contributed by atoms with E-state index in [-0.39, 0.29) is 11.9 Å². The van der Waals surface area contributed by atoms with Gasteiger partial charge in [-0.2, -0.15) is 4.98 Å². The third-order valence-corrected chi connectivity index (χ3v) is 7.16. The molecular formula is C24H34N6OS. The van der Waals surface area contributed by atoms with Crippen LogP contribution in [0, 0.1) is 0 Å². The van der Waals surface area contributed by atoms with Gasteiger partial charge in [-0.25, -0.2) is 9.97 Å². The summed E-state index contributed by atoms with van der Waals surface area (Å²) in [5.74, 6) is 2.68. The minimum Gasteiger partial charge on any atom is -0.362 e. The Morgan fingerprint density at radius 1 is 1.12 bits per heavy atom. The van der Waals surface area contributed by atoms with Crippen molar-refractivity contribution in [3.05, 3.63) is 35.2 Å². The maximum Gasteiger partial charge on any atom is 0.254 e. The maximum absolute atomic E-state index is 12.8. The third kappa shape index (κ3) is 5.34. The molecule has 4 rings (SSSR count). The number of carbonyl (C=O) groups is 1. The standard InChI is InChI=1S/C24H34N6OS/c1-4-32-23-19(9-7-15-25-23)22(31)26-16-11-13-17(14-12-16)27-24-28-20-10-6-5-8-18(20)21(29-24)30(2)3/h7,9,15-17H,4-6,8,10-14H2,1-3H3,(H,26,31)(H,27,28,29). The second kappa shape index (κ2) is 10.5. The van der Waals surface area contributed by atoms with Gasteiger partial charge in [-0.3, -0.25) is 4.79 Å². The lowest BCUT2D eigenvalue weighted by Gasteiger charge is -2.30. The molecule has 0 atom stereocenters. The normalized spacial score (nSPS) is 20.3. The molecule has 2 aliphatic carbocycles. The minimum atomic E-state index is -0.0147. The lowest BCUT2D eigenvalue weighted by Crippen LogP contribution is -2.40. The van der Waals surface area contributed by atoms with Crippen molar-refractivity contribution in [1.82, 2.24) is 20.3 Å². The van der Waals surface area contributed by atoms with Gasteiger partial charge in [0.15, 0.2) is 0 Å². The zero-order valence-electron chi connectivity index (χ0n) is 19.4. The summed E-state index contributed by atoms with van der Waals surface area (Å²) < 4.78 is 0. The number of nitrogens with zero attached hydrogens (tertiary/aromatic N) is 4. The molecule has 0 aromatic carbocycles. The largest absolute Gasteiger partial charge is 0.362 e. The maximum atomic E-state index is 12.8. The van der Waals surface area contributed by atoms with Gasteiger partial charge in [-0.1, -0.05) is 6.92 Å². The van der Waals surface area contributed by atoms with Crippen LogP contribution in [0.4, 0.5) is 11.8 Å². The molecule has 1 amide bonds. The Kier molecular flexibility index (Phi) is 7.50. The zero-order chi connectivity index (χ0) is 22.5. The van der Waals surface area contributed by atoms with Crippen LogP contribution in [0.1, 0.15) is 67.1 Å². The Morgan fingerprint density at radius 2 is 1.88 bits per heavy atom. The van der Waals surface area contributed by atoms with Gasteiger partial charge in [-0.05, 0) is 69.3 Å². The van der Waals surface area contributed by atoms with Crippen LogP contribution >= 0.6 is 11.8 Å². The highest BCUT2D eigenvalue weighted by Gasteiger charge is 2.25. The Morgan fingerprint density at radius 3 is 2.62 bits per heavy atom. The highest BCUT2D eigenvalue weighted by molar-refractivity contribution is 7.99. The number of rotatable bonds is 7. The van der Waals surface area contributed by atoms with Crippen molar-refractivity contribution in [2.24, 2.45) is 0 Å². The first-order valence-electron chi connectivity index (χ1n) is 11.8. The number of carbonyl (C=O) groups excluding carboxylic acids is 1. The summed E-state index contributed by atoms with van der Waals surface area (Å²) in [6, 6.07) is 4.23. The summed E-state index contributed by atoms with van der Waals surface area (Å²) >= 11 is 1.61. The summed E-state index contributed by atoms with van der Waals surface area (Å²) in [6.45, 7) is 2.07. The number of pyridine rings is 1. The number of hydrogen-bond donors (Lipinski definition) is 2. The molecule has 0 spiro atoms. The Labute approximate surface area is 195 Å². The average Bonchev–Trinajstić information content (AvgIpc) is 2.80. The smallest absolute Gasteiger partial charge is 0.254 e. The van der Waals surface area contributed by atoms with E-state index in [9.17, 15) is 4.79 Å². The van der Waals surface area contributed by atoms with E-state index in [2.05, 4.69) is 41.5 Å². The molecular weight excluding hydrogens is 420 g/mol. The number of aryl methyl sites for hydroxylation is 1. The van der Waals surface area contributed by atoms with E-state index in [1.54, 1.807) is 18.0 Å². The highest BCUT2D eigenvalue weighted by atomic mass is 32.2. The van der Waals surface area contributed by atoms with Crippen LogP contribution < -0.4 is 15.5 Å². The molecule has 8 heteroatoms. The van der Waals surface area contributed by atoms with E-state index in [0.717, 1.165) is 61.1 Å². The second-order valence-electron chi connectivity index (χ2n) is 8.85. The first kappa shape index (κ1) is 22.8. The van der Waals surface area contributed by atoms with Crippen LogP contribution in [-0.4, -0.2) is 52.8 Å². The molecule has 7 nitrogen and oxygen atoms in total. The molecule has 0 radical (unpaired) electrons. The molecule has 172 valence electrons. The molecule has 0 bridgehead atoms. The predicted octanol–water partition coefficient (Wildman–Crippen LogP) is 4.08. The number of thioether (sulfide) groups is 1. The van der Waals surface area contributed by atoms with Gasteiger partial charge in [-0.15, -0.1) is 11.8 Å². The fourth-order valence-electron chi connectivity index (χ4n) is 4.65. The summed E-state index contributed by atoms with van der Waals surface area (Å²) in [6.07, 6.45) is 10.2. The molecule has 1 fully saturated rings. The van der Waals surface area contributed by atoms with Crippen molar-refractivity contribution < 1.29 is 4.79 Å². The Bertz CT molecular complexity index is 942. The van der Waals surface area contributed by atoms with E-state index in [1.807, 2.05) is 12.1 Å². The quantitative estimate of drug-likeness (QED) is 0.610. The molecule has 32 heavy (non-hydrogen) atoms. The van der Waals surface area contributed by atoms with Gasteiger partial charge in [0.2, 0.25) is 5.95 Å². The second-order valence-corrected chi connectivity index (χ2v) is 10.1. The van der Waals surface area contributed by atoms with Crippen molar-refractivity contribution in [1.29, 1.82) is 0 Å². The van der Waals surface area contributed by atoms with E-state index in [0.29, 0.717) is 11.6 Å². The van der Waals surface area contributed by atoms with Crippen LogP contribution in [0.5, 0.6) is 0 Å². The van der Waals surface area contributed by atoms with Crippen molar-refractivity contribution in [2.75, 3.05) is 30.1 Å². The van der Waals surface area contributed by atoms with Crippen LogP contribution in [0.25, 0.3) is 0 Å². The topological polar surface area (TPSA) is 83.0 Å². The lowest BCUT2D eigenvalue weighted by molar-refractivity contribution is 0.0923. The molecule has 0 saturated heterocycles. The first-order chi connectivity index (χ1) is 15.5. The SMILES string of the molecule is CCSc1ncccc1C(=O)NC1CCC(Nc2nc3c(c(N(C)C)n2)CCCC3)CC1. The first-order valence-corrected chi connectivity index (χ1v) is 12.8. The van der Waals surface area contributed by atoms with Gasteiger partial charge in [0.05, 0.1) is 11.3 Å². The zero-order valence-corrected chi connectivity index (χ0v) is 20.2. The van der Waals surface area contributed by atoms with Crippen molar-refractivity contribution in [2.45, 2.75) is 75.4 Å². The number of amides is 1. The average molecular weight is 455 g/mol. The summed E-state index contributed by atoms with van der Waals surface area (Å²) in [7, 11) is 4.11. The molecule has 0 unspecified atom stereocenters. The molecule has 2 heterocycles. The van der Waals surface area contributed by atoms with Crippen molar-refractivity contribution >= 4 is 29.4 Å². The molecule has 2 aromatic rings. The molecule has 2 aliphatic rings. The van der Waals surface area contributed by atoms with Crippen LogP contribution in [-0.2, 0) is 12.8 Å². The highest BCUT2D eigenvalue weighted by Crippen LogP contribution is 2.29. The third-order valence-electron chi connectivity index (χ3n) is 6.28. The number of nitrogens with one attached hydrogen (secondary N) is 2. The van der Waals surface area contributed by atoms with Gasteiger partial charge >= 0.3 is 0 Å². The monoisotopic (exact) mass is 454 g/mol. The molecule has 1 saturated carbocycles. The summed E-state index contributed by atoms with van der Waals surface area (Å²) in [5.41, 5.74) is 3.20. The van der Waals surface area contributed by atoms with Crippen LogP contribution in [0.2, 0.25) is 0 Å². The fraction of sp³-hybridized carbons (Fsp3) is 0.583. The number of hydrogen-bond acceptors (Lipinski definition) is 7. The number of fused-ring (bicyclic) bond motifs is 1. The van der Waals surface area contributed by atoms with Gasteiger partial charge in [0.25, 0.3) is 5.91 Å². The molecule has 2 N–H and O–H groups in total. The predicted molar refractivity (Wildman–Crippen MR) is 131 cm³/mol.